The third-order valence-electron chi connectivity index (χ3n) is 5.54. The van der Waals surface area contributed by atoms with Crippen molar-refractivity contribution in [3.63, 3.8) is 0 Å². The lowest BCUT2D eigenvalue weighted by Crippen LogP contribution is -2.44. The van der Waals surface area contributed by atoms with Crippen LogP contribution in [0, 0.1) is 0 Å². The highest BCUT2D eigenvalue weighted by Gasteiger charge is 2.47. The molecule has 1 N–H and O–H groups in total. The summed E-state index contributed by atoms with van der Waals surface area (Å²) in [6.07, 6.45) is 4.00. The smallest absolute Gasteiger partial charge is 0.277 e. The van der Waals surface area contributed by atoms with E-state index in [0.717, 1.165) is 25.0 Å². The van der Waals surface area contributed by atoms with Crippen LogP contribution in [0.15, 0.2) is 42.7 Å². The Kier molecular flexibility index (Phi) is 5.04. The third kappa shape index (κ3) is 3.58. The number of nitrogens with zero attached hydrogens (tertiary/aromatic N) is 2. The molecule has 144 valence electrons. The minimum Gasteiger partial charge on any atom is -0.379 e. The molecule has 0 saturated heterocycles. The number of carbonyl (C=O) groups is 1. The number of alkyl halides is 2. The molecule has 2 heterocycles. The Morgan fingerprint density at radius 1 is 1.26 bits per heavy atom. The largest absolute Gasteiger partial charge is 0.379 e. The molecule has 0 radical (unpaired) electrons. The zero-order valence-electron chi connectivity index (χ0n) is 15.7. The van der Waals surface area contributed by atoms with E-state index >= 15 is 0 Å². The highest BCUT2D eigenvalue weighted by Crippen LogP contribution is 2.42. The molecule has 1 aliphatic rings. The molecular formula is C21H24F2N2O2. The zero-order valence-corrected chi connectivity index (χ0v) is 15.7. The molecule has 1 aromatic heterocycles. The maximum Gasteiger partial charge on any atom is 0.277 e. The van der Waals surface area contributed by atoms with Crippen LogP contribution < -0.4 is 0 Å². The van der Waals surface area contributed by atoms with Crippen LogP contribution in [0.1, 0.15) is 49.1 Å². The summed E-state index contributed by atoms with van der Waals surface area (Å²) in [6.45, 7) is 4.20. The van der Waals surface area contributed by atoms with Gasteiger partial charge in [-0.15, -0.1) is 0 Å². The van der Waals surface area contributed by atoms with Crippen molar-refractivity contribution in [2.24, 2.45) is 0 Å². The lowest BCUT2D eigenvalue weighted by molar-refractivity contribution is -0.165. The van der Waals surface area contributed by atoms with Gasteiger partial charge < -0.3 is 10.0 Å². The van der Waals surface area contributed by atoms with E-state index in [9.17, 15) is 18.7 Å². The molecule has 0 bridgehead atoms. The van der Waals surface area contributed by atoms with Gasteiger partial charge in [-0.05, 0) is 54.7 Å². The van der Waals surface area contributed by atoms with E-state index in [1.165, 1.54) is 0 Å². The first-order valence-electron chi connectivity index (χ1n) is 9.03. The van der Waals surface area contributed by atoms with Gasteiger partial charge in [0.05, 0.1) is 12.5 Å². The highest BCUT2D eigenvalue weighted by molar-refractivity contribution is 5.79. The van der Waals surface area contributed by atoms with E-state index in [4.69, 9.17) is 0 Å². The van der Waals surface area contributed by atoms with Crippen LogP contribution in [0.2, 0.25) is 0 Å². The number of carbonyl (C=O) groups excluding carboxylic acids is 1. The van der Waals surface area contributed by atoms with E-state index in [1.54, 1.807) is 41.6 Å². The van der Waals surface area contributed by atoms with Crippen LogP contribution in [0.4, 0.5) is 8.78 Å². The Balaban J connectivity index is 1.89. The summed E-state index contributed by atoms with van der Waals surface area (Å²) < 4.78 is 28.0. The first-order valence-corrected chi connectivity index (χ1v) is 9.03. The highest BCUT2D eigenvalue weighted by atomic mass is 19.3. The van der Waals surface area contributed by atoms with Crippen molar-refractivity contribution >= 4 is 5.91 Å². The minimum atomic E-state index is -3.28. The van der Waals surface area contributed by atoms with E-state index < -0.39 is 11.5 Å². The maximum atomic E-state index is 14.0. The average molecular weight is 374 g/mol. The predicted octanol–water partition coefficient (Wildman–Crippen LogP) is 3.63. The summed E-state index contributed by atoms with van der Waals surface area (Å²) in [4.78, 5) is 18.5. The zero-order chi connectivity index (χ0) is 19.8. The number of halogens is 2. The summed E-state index contributed by atoms with van der Waals surface area (Å²) in [7, 11) is 0. The van der Waals surface area contributed by atoms with Crippen molar-refractivity contribution in [2.75, 3.05) is 6.54 Å². The van der Waals surface area contributed by atoms with Gasteiger partial charge in [-0.25, -0.2) is 8.78 Å². The van der Waals surface area contributed by atoms with Gasteiger partial charge >= 0.3 is 0 Å². The lowest BCUT2D eigenvalue weighted by Gasteiger charge is -2.39. The quantitative estimate of drug-likeness (QED) is 0.889. The van der Waals surface area contributed by atoms with Gasteiger partial charge in [0.15, 0.2) is 0 Å². The predicted molar refractivity (Wildman–Crippen MR) is 98.4 cm³/mol. The summed E-state index contributed by atoms with van der Waals surface area (Å²) in [5.74, 6) is -3.29. The number of fused-ring (bicyclic) bond motifs is 1. The van der Waals surface area contributed by atoms with Gasteiger partial charge in [0.2, 0.25) is 5.91 Å². The topological polar surface area (TPSA) is 53.4 Å². The Morgan fingerprint density at radius 2 is 1.93 bits per heavy atom. The van der Waals surface area contributed by atoms with Gasteiger partial charge in [0.25, 0.3) is 5.92 Å². The van der Waals surface area contributed by atoms with Crippen molar-refractivity contribution in [1.29, 1.82) is 0 Å². The van der Waals surface area contributed by atoms with E-state index in [-0.39, 0.29) is 23.9 Å². The van der Waals surface area contributed by atoms with E-state index in [1.807, 2.05) is 13.0 Å². The van der Waals surface area contributed by atoms with Crippen LogP contribution >= 0.6 is 0 Å². The van der Waals surface area contributed by atoms with Crippen LogP contribution in [-0.2, 0) is 23.2 Å². The number of benzene rings is 1. The van der Waals surface area contributed by atoms with Crippen LogP contribution in [0.5, 0.6) is 0 Å². The molecule has 3 rings (SSSR count). The van der Waals surface area contributed by atoms with Crippen molar-refractivity contribution in [1.82, 2.24) is 9.88 Å². The second-order valence-electron chi connectivity index (χ2n) is 7.38. The van der Waals surface area contributed by atoms with E-state index in [0.29, 0.717) is 18.5 Å². The molecule has 1 unspecified atom stereocenters. The number of hydrogen-bond donors (Lipinski definition) is 1. The second kappa shape index (κ2) is 7.00. The fourth-order valence-corrected chi connectivity index (χ4v) is 3.68. The molecule has 0 spiro atoms. The fourth-order valence-electron chi connectivity index (χ4n) is 3.68. The van der Waals surface area contributed by atoms with Crippen LogP contribution in [-0.4, -0.2) is 33.4 Å². The molecule has 0 fully saturated rings. The number of aliphatic hydroxyl groups is 1. The van der Waals surface area contributed by atoms with Gasteiger partial charge in [-0.1, -0.05) is 18.2 Å². The lowest BCUT2D eigenvalue weighted by atomic mass is 9.80. The average Bonchev–Trinajstić information content (AvgIpc) is 2.61. The van der Waals surface area contributed by atoms with Crippen molar-refractivity contribution in [2.45, 2.75) is 51.2 Å². The van der Waals surface area contributed by atoms with Crippen molar-refractivity contribution in [3.05, 3.63) is 65.0 Å². The SMILES string of the molecule is C[C@H]1c2cccc(C(C)(O)C(C)(F)F)c2CCN1C(=O)Cc1ccncc1. The van der Waals surface area contributed by atoms with Gasteiger partial charge in [0, 0.05) is 25.9 Å². The molecule has 0 aliphatic carbocycles. The number of pyridine rings is 1. The molecule has 4 nitrogen and oxygen atoms in total. The number of aromatic nitrogens is 1. The third-order valence-corrected chi connectivity index (χ3v) is 5.54. The van der Waals surface area contributed by atoms with Gasteiger partial charge in [0.1, 0.15) is 5.60 Å². The first-order chi connectivity index (χ1) is 12.6. The minimum absolute atomic E-state index is 0.0164. The molecule has 2 aromatic rings. The normalized spacial score (nSPS) is 19.3. The first kappa shape index (κ1) is 19.4. The second-order valence-corrected chi connectivity index (χ2v) is 7.38. The van der Waals surface area contributed by atoms with Crippen LogP contribution in [0.25, 0.3) is 0 Å². The molecule has 2 atom stereocenters. The summed E-state index contributed by atoms with van der Waals surface area (Å²) in [5, 5.41) is 10.5. The van der Waals surface area contributed by atoms with Gasteiger partial charge in [-0.3, -0.25) is 9.78 Å². The number of rotatable bonds is 4. The monoisotopic (exact) mass is 374 g/mol. The standard InChI is InChI=1S/C21H24F2N2O2/c1-14-16-5-4-6-18(20(2,27)21(3,22)23)17(16)9-12-25(14)19(26)13-15-7-10-24-11-8-15/h4-8,10-11,14,27H,9,12-13H2,1-3H3/t14-,20?/m0/s1. The fraction of sp³-hybridized carbons (Fsp3) is 0.429. The molecule has 0 saturated carbocycles. The van der Waals surface area contributed by atoms with Crippen LogP contribution in [0.3, 0.4) is 0 Å². The summed E-state index contributed by atoms with van der Waals surface area (Å²) in [5.41, 5.74) is 0.383. The number of hydrogen-bond acceptors (Lipinski definition) is 3. The Morgan fingerprint density at radius 3 is 2.56 bits per heavy atom. The van der Waals surface area contributed by atoms with Crippen molar-refractivity contribution in [3.8, 4) is 0 Å². The molecule has 6 heteroatoms. The van der Waals surface area contributed by atoms with Crippen molar-refractivity contribution < 1.29 is 18.7 Å². The summed E-state index contributed by atoms with van der Waals surface area (Å²) in [6, 6.07) is 8.43. The molecule has 1 aromatic carbocycles. The number of amides is 1. The summed E-state index contributed by atoms with van der Waals surface area (Å²) >= 11 is 0. The molecule has 27 heavy (non-hydrogen) atoms. The Hall–Kier alpha value is -2.34. The van der Waals surface area contributed by atoms with E-state index in [2.05, 4.69) is 4.98 Å². The molecule has 1 amide bonds. The molecular weight excluding hydrogens is 350 g/mol. The Bertz CT molecular complexity index is 832. The van der Waals surface area contributed by atoms with Gasteiger partial charge in [-0.2, -0.15) is 0 Å². The molecule has 1 aliphatic heterocycles. The maximum absolute atomic E-state index is 14.0. The Labute approximate surface area is 157 Å².